The predicted molar refractivity (Wildman–Crippen MR) is 121 cm³/mol. The van der Waals surface area contributed by atoms with Gasteiger partial charge in [-0.15, -0.1) is 0 Å². The van der Waals surface area contributed by atoms with Crippen molar-refractivity contribution in [1.82, 2.24) is 4.40 Å². The van der Waals surface area contributed by atoms with Gasteiger partial charge in [-0.1, -0.05) is 48.5 Å². The van der Waals surface area contributed by atoms with Crippen LogP contribution >= 0.6 is 22.6 Å². The van der Waals surface area contributed by atoms with Crippen LogP contribution in [0.3, 0.4) is 0 Å². The number of halogens is 1. The van der Waals surface area contributed by atoms with Gasteiger partial charge < -0.3 is 8.82 Å². The second-order valence-corrected chi connectivity index (χ2v) is 8.27. The highest BCUT2D eigenvalue weighted by atomic mass is 127. The van der Waals surface area contributed by atoms with E-state index >= 15 is 0 Å². The van der Waals surface area contributed by atoms with Crippen LogP contribution in [-0.2, 0) is 0 Å². The fourth-order valence-corrected chi connectivity index (χ4v) is 5.38. The van der Waals surface area contributed by atoms with Crippen LogP contribution in [0.2, 0.25) is 0 Å². The highest BCUT2D eigenvalue weighted by Gasteiger charge is 2.21. The van der Waals surface area contributed by atoms with Crippen LogP contribution in [0.15, 0.2) is 77.2 Å². The van der Waals surface area contributed by atoms with E-state index < -0.39 is 0 Å². The van der Waals surface area contributed by atoms with Gasteiger partial charge in [-0.05, 0) is 46.9 Å². The van der Waals surface area contributed by atoms with Crippen molar-refractivity contribution < 1.29 is 4.42 Å². The average molecular weight is 457 g/mol. The lowest BCUT2D eigenvalue weighted by Crippen LogP contribution is -1.79. The Morgan fingerprint density at radius 1 is 0.630 bits per heavy atom. The van der Waals surface area contributed by atoms with E-state index in [4.69, 9.17) is 4.42 Å². The Morgan fingerprint density at radius 2 is 1.41 bits per heavy atom. The van der Waals surface area contributed by atoms with Crippen LogP contribution in [0, 0.1) is 3.57 Å². The predicted octanol–water partition coefficient (Wildman–Crippen LogP) is 7.34. The minimum atomic E-state index is 0.958. The lowest BCUT2D eigenvalue weighted by Gasteiger charge is -1.99. The normalized spacial score (nSPS) is 12.6. The van der Waals surface area contributed by atoms with Gasteiger partial charge in [-0.2, -0.15) is 0 Å². The zero-order chi connectivity index (χ0) is 17.7. The summed E-state index contributed by atoms with van der Waals surface area (Å²) in [5.74, 6) is 0. The highest BCUT2D eigenvalue weighted by molar-refractivity contribution is 14.1. The SMILES string of the molecule is Ic1cccc2c1oc1ccc3c(c4cccc5c6ccccc6n3c54)c12. The van der Waals surface area contributed by atoms with Gasteiger partial charge >= 0.3 is 0 Å². The largest absolute Gasteiger partial charge is 0.455 e. The van der Waals surface area contributed by atoms with Gasteiger partial charge in [0.25, 0.3) is 0 Å². The number of hydrogen-bond donors (Lipinski definition) is 0. The Bertz CT molecular complexity index is 1690. The van der Waals surface area contributed by atoms with E-state index in [1.807, 2.05) is 0 Å². The first-order valence-corrected chi connectivity index (χ1v) is 10.1. The average Bonchev–Trinajstić information content (AvgIpc) is 3.34. The molecule has 3 heteroatoms. The van der Waals surface area contributed by atoms with Crippen LogP contribution in [0.4, 0.5) is 0 Å². The van der Waals surface area contributed by atoms with Crippen molar-refractivity contribution in [3.05, 3.63) is 76.4 Å². The molecular formula is C24H12INO. The third-order valence-electron chi connectivity index (χ3n) is 5.80. The summed E-state index contributed by atoms with van der Waals surface area (Å²) >= 11 is 2.36. The molecule has 0 saturated heterocycles. The van der Waals surface area contributed by atoms with Gasteiger partial charge in [0.1, 0.15) is 11.2 Å². The Balaban J connectivity index is 1.89. The number of furan rings is 1. The van der Waals surface area contributed by atoms with Crippen molar-refractivity contribution in [1.29, 1.82) is 0 Å². The molecular weight excluding hydrogens is 445 g/mol. The van der Waals surface area contributed by atoms with E-state index in [-0.39, 0.29) is 0 Å². The third kappa shape index (κ3) is 1.58. The number of benzene rings is 4. The molecule has 4 aromatic carbocycles. The van der Waals surface area contributed by atoms with E-state index in [0.717, 1.165) is 14.7 Å². The summed E-state index contributed by atoms with van der Waals surface area (Å²) in [4.78, 5) is 0. The van der Waals surface area contributed by atoms with Crippen molar-refractivity contribution >= 4 is 82.6 Å². The van der Waals surface area contributed by atoms with E-state index in [1.54, 1.807) is 0 Å². The second-order valence-electron chi connectivity index (χ2n) is 7.11. The van der Waals surface area contributed by atoms with Crippen molar-refractivity contribution in [2.45, 2.75) is 0 Å². The van der Waals surface area contributed by atoms with Crippen molar-refractivity contribution in [2.75, 3.05) is 0 Å². The van der Waals surface area contributed by atoms with Crippen LogP contribution in [0.25, 0.3) is 60.0 Å². The molecule has 3 heterocycles. The number of nitrogens with zero attached hydrogens (tertiary/aromatic N) is 1. The molecule has 0 aliphatic heterocycles. The summed E-state index contributed by atoms with van der Waals surface area (Å²) in [6.45, 7) is 0. The molecule has 27 heavy (non-hydrogen) atoms. The zero-order valence-corrected chi connectivity index (χ0v) is 16.3. The standard InChI is InChI=1S/C24H12INO/c25-17-9-4-8-16-22-20(27-24(16)17)12-11-19-21(22)15-7-3-6-14-13-5-1-2-10-18(13)26(19)23(14)15/h1-12H. The summed E-state index contributed by atoms with van der Waals surface area (Å²) in [5.41, 5.74) is 5.76. The molecule has 2 nitrogen and oxygen atoms in total. The summed E-state index contributed by atoms with van der Waals surface area (Å²) in [6.07, 6.45) is 0. The number of para-hydroxylation sites is 3. The number of aromatic nitrogens is 1. The monoisotopic (exact) mass is 457 g/mol. The minimum Gasteiger partial charge on any atom is -0.455 e. The molecule has 7 aromatic rings. The second kappa shape index (κ2) is 4.73. The topological polar surface area (TPSA) is 17.6 Å². The van der Waals surface area contributed by atoms with Crippen molar-refractivity contribution in [3.8, 4) is 0 Å². The molecule has 0 aliphatic carbocycles. The van der Waals surface area contributed by atoms with E-state index in [2.05, 4.69) is 99.8 Å². The first kappa shape index (κ1) is 14.3. The van der Waals surface area contributed by atoms with Gasteiger partial charge in [0, 0.05) is 32.3 Å². The zero-order valence-electron chi connectivity index (χ0n) is 14.2. The van der Waals surface area contributed by atoms with Crippen LogP contribution in [-0.4, -0.2) is 4.40 Å². The molecule has 0 aliphatic rings. The third-order valence-corrected chi connectivity index (χ3v) is 6.65. The molecule has 7 rings (SSSR count). The van der Waals surface area contributed by atoms with E-state index in [9.17, 15) is 0 Å². The quantitative estimate of drug-likeness (QED) is 0.218. The Hall–Kier alpha value is -2.79. The number of rotatable bonds is 0. The maximum absolute atomic E-state index is 6.25. The summed E-state index contributed by atoms with van der Waals surface area (Å²) in [5, 5.41) is 7.63. The van der Waals surface area contributed by atoms with Gasteiger partial charge in [0.2, 0.25) is 0 Å². The maximum Gasteiger partial charge on any atom is 0.148 e. The lowest BCUT2D eigenvalue weighted by atomic mass is 10.0. The van der Waals surface area contributed by atoms with Crippen LogP contribution in [0.5, 0.6) is 0 Å². The summed E-state index contributed by atoms with van der Waals surface area (Å²) in [6, 6.07) is 26.1. The van der Waals surface area contributed by atoms with Crippen molar-refractivity contribution in [3.63, 3.8) is 0 Å². The molecule has 126 valence electrons. The Kier molecular flexibility index (Phi) is 2.50. The maximum atomic E-state index is 6.25. The molecule has 0 bridgehead atoms. The highest BCUT2D eigenvalue weighted by Crippen LogP contribution is 2.44. The van der Waals surface area contributed by atoms with E-state index in [0.29, 0.717) is 0 Å². The summed E-state index contributed by atoms with van der Waals surface area (Å²) in [7, 11) is 0. The number of hydrogen-bond acceptors (Lipinski definition) is 1. The van der Waals surface area contributed by atoms with Gasteiger partial charge in [-0.25, -0.2) is 0 Å². The van der Waals surface area contributed by atoms with Gasteiger partial charge in [-0.3, -0.25) is 0 Å². The first-order chi connectivity index (χ1) is 13.3. The molecule has 0 amide bonds. The Morgan fingerprint density at radius 3 is 2.37 bits per heavy atom. The first-order valence-electron chi connectivity index (χ1n) is 8.99. The smallest absolute Gasteiger partial charge is 0.148 e. The molecule has 0 unspecified atom stereocenters. The molecule has 0 fully saturated rings. The lowest BCUT2D eigenvalue weighted by molar-refractivity contribution is 0.667. The summed E-state index contributed by atoms with van der Waals surface area (Å²) < 4.78 is 9.82. The number of fused-ring (bicyclic) bond motifs is 10. The molecule has 3 aromatic heterocycles. The van der Waals surface area contributed by atoms with Crippen molar-refractivity contribution in [2.24, 2.45) is 0 Å². The molecule has 0 spiro atoms. The molecule has 0 radical (unpaired) electrons. The molecule has 0 saturated carbocycles. The fourth-order valence-electron chi connectivity index (χ4n) is 4.77. The van der Waals surface area contributed by atoms with E-state index in [1.165, 1.54) is 48.9 Å². The van der Waals surface area contributed by atoms with Gasteiger partial charge in [0.05, 0.1) is 20.1 Å². The Labute approximate surface area is 167 Å². The fraction of sp³-hybridized carbons (Fsp3) is 0. The van der Waals surface area contributed by atoms with Crippen LogP contribution in [0.1, 0.15) is 0 Å². The minimum absolute atomic E-state index is 0.958. The molecule has 0 atom stereocenters. The molecule has 0 N–H and O–H groups in total. The van der Waals surface area contributed by atoms with Crippen LogP contribution < -0.4 is 0 Å². The van der Waals surface area contributed by atoms with Gasteiger partial charge in [0.15, 0.2) is 0 Å².